The summed E-state index contributed by atoms with van der Waals surface area (Å²) in [6.45, 7) is 1.99. The molecule has 0 bridgehead atoms. The van der Waals surface area contributed by atoms with E-state index in [1.54, 1.807) is 0 Å². The zero-order valence-electron chi connectivity index (χ0n) is 30.2. The van der Waals surface area contributed by atoms with Crippen molar-refractivity contribution in [3.05, 3.63) is 168 Å². The largest absolute Gasteiger partial charge is 0.388 e. The van der Waals surface area contributed by atoms with E-state index in [0.29, 0.717) is 24.2 Å². The summed E-state index contributed by atoms with van der Waals surface area (Å²) in [5, 5.41) is 19.4. The van der Waals surface area contributed by atoms with E-state index in [2.05, 4.69) is 70.6 Å². The molecule has 0 radical (unpaired) electrons. The summed E-state index contributed by atoms with van der Waals surface area (Å²) in [6.07, 6.45) is 9.12. The molecular weight excluding hydrogens is 639 g/mol. The monoisotopic (exact) mass is 683 g/mol. The lowest BCUT2D eigenvalue weighted by molar-refractivity contribution is 1.15. The summed E-state index contributed by atoms with van der Waals surface area (Å²) < 4.78 is 0. The normalized spacial score (nSPS) is 12.7. The third-order valence-corrected chi connectivity index (χ3v) is 8.57. The van der Waals surface area contributed by atoms with E-state index >= 15 is 0 Å². The number of nitrogens with one attached hydrogen (secondary N) is 3. The Bertz CT molecular complexity index is 2120. The van der Waals surface area contributed by atoms with Gasteiger partial charge in [0.2, 0.25) is 0 Å². The Morgan fingerprint density at radius 1 is 0.673 bits per heavy atom. The highest BCUT2D eigenvalue weighted by molar-refractivity contribution is 6.14. The topological polar surface area (TPSA) is 111 Å². The number of hydrogen-bond donors (Lipinski definition) is 4. The number of allylic oxidation sites excluding steroid dienone is 4. The predicted molar refractivity (Wildman–Crippen MR) is 222 cm³/mol. The maximum atomic E-state index is 9.71. The quantitative estimate of drug-likeness (QED) is 0.110. The number of anilines is 3. The minimum absolute atomic E-state index is 0.433. The molecule has 260 valence electrons. The molecule has 1 aliphatic heterocycles. The highest BCUT2D eigenvalue weighted by atomic mass is 14.9. The van der Waals surface area contributed by atoms with E-state index in [-0.39, 0.29) is 0 Å². The maximum absolute atomic E-state index is 9.71. The Hall–Kier alpha value is -6.65. The Labute approximate surface area is 307 Å². The van der Waals surface area contributed by atoms with Crippen LogP contribution in [0.25, 0.3) is 28.0 Å². The van der Waals surface area contributed by atoms with Crippen molar-refractivity contribution in [2.24, 2.45) is 15.7 Å². The van der Waals surface area contributed by atoms with Crippen molar-refractivity contribution in [2.45, 2.75) is 19.8 Å². The second kappa shape index (κ2) is 18.4. The van der Waals surface area contributed by atoms with E-state index in [4.69, 9.17) is 15.7 Å². The fourth-order valence-corrected chi connectivity index (χ4v) is 5.81. The zero-order chi connectivity index (χ0) is 36.7. The van der Waals surface area contributed by atoms with Crippen LogP contribution in [0.15, 0.2) is 161 Å². The molecule has 0 aliphatic carbocycles. The molecule has 1 heterocycles. The van der Waals surface area contributed by atoms with Gasteiger partial charge in [-0.15, -0.1) is 0 Å². The van der Waals surface area contributed by atoms with Gasteiger partial charge in [-0.1, -0.05) is 109 Å². The van der Waals surface area contributed by atoms with Gasteiger partial charge in [-0.25, -0.2) is 4.99 Å². The second-order valence-electron chi connectivity index (χ2n) is 12.0. The SMILES string of the molecule is C/C=C\C=C/CC1=C(c2ccc(-c3cc(NC)ccc3C#N)cc2)N=C(N)CC(c2ccc(-c3cc(NC)ccc3NC)cc2)=N1.c1ccccc1. The van der Waals surface area contributed by atoms with Crippen molar-refractivity contribution in [2.75, 3.05) is 37.1 Å². The highest BCUT2D eigenvalue weighted by Crippen LogP contribution is 2.33. The Morgan fingerprint density at radius 3 is 1.81 bits per heavy atom. The summed E-state index contributed by atoms with van der Waals surface area (Å²) in [7, 11) is 5.73. The van der Waals surface area contributed by atoms with E-state index in [1.165, 1.54) is 0 Å². The van der Waals surface area contributed by atoms with Gasteiger partial charge in [-0.3, -0.25) is 4.99 Å². The van der Waals surface area contributed by atoms with E-state index in [9.17, 15) is 5.26 Å². The first-order chi connectivity index (χ1) is 25.5. The van der Waals surface area contributed by atoms with Gasteiger partial charge in [0.1, 0.15) is 5.84 Å². The first kappa shape index (κ1) is 36.6. The van der Waals surface area contributed by atoms with Crippen molar-refractivity contribution in [3.63, 3.8) is 0 Å². The highest BCUT2D eigenvalue weighted by Gasteiger charge is 2.18. The number of amidine groups is 1. The summed E-state index contributed by atoms with van der Waals surface area (Å²) in [5.74, 6) is 0.502. The van der Waals surface area contributed by atoms with E-state index in [1.807, 2.05) is 125 Å². The van der Waals surface area contributed by atoms with Gasteiger partial charge in [0, 0.05) is 67.7 Å². The van der Waals surface area contributed by atoms with Crippen LogP contribution in [-0.4, -0.2) is 32.7 Å². The molecule has 0 unspecified atom stereocenters. The van der Waals surface area contributed by atoms with Crippen molar-refractivity contribution in [1.82, 2.24) is 0 Å². The van der Waals surface area contributed by atoms with Crippen LogP contribution in [-0.2, 0) is 0 Å². The lowest BCUT2D eigenvalue weighted by atomic mass is 9.97. The van der Waals surface area contributed by atoms with Gasteiger partial charge in [0.15, 0.2) is 0 Å². The van der Waals surface area contributed by atoms with Crippen molar-refractivity contribution in [1.29, 1.82) is 5.26 Å². The molecule has 0 aromatic heterocycles. The van der Waals surface area contributed by atoms with Crippen LogP contribution in [0.3, 0.4) is 0 Å². The molecule has 0 saturated carbocycles. The van der Waals surface area contributed by atoms with Crippen LogP contribution in [0.5, 0.6) is 0 Å². The van der Waals surface area contributed by atoms with Gasteiger partial charge in [-0.2, -0.15) is 5.26 Å². The molecule has 0 fully saturated rings. The van der Waals surface area contributed by atoms with Crippen molar-refractivity contribution >= 4 is 34.3 Å². The molecule has 5 aromatic rings. The number of benzene rings is 5. The Balaban J connectivity index is 0.000000790. The molecule has 6 rings (SSSR count). The average molecular weight is 684 g/mol. The van der Waals surface area contributed by atoms with Gasteiger partial charge in [0.25, 0.3) is 0 Å². The fourth-order valence-electron chi connectivity index (χ4n) is 5.81. The minimum Gasteiger partial charge on any atom is -0.388 e. The van der Waals surface area contributed by atoms with Crippen LogP contribution >= 0.6 is 0 Å². The fraction of sp³-hybridized carbons (Fsp3) is 0.133. The molecule has 7 nitrogen and oxygen atoms in total. The van der Waals surface area contributed by atoms with E-state index < -0.39 is 0 Å². The lowest BCUT2D eigenvalue weighted by Gasteiger charge is -2.13. The maximum Gasteiger partial charge on any atom is 0.106 e. The lowest BCUT2D eigenvalue weighted by Crippen LogP contribution is -2.17. The molecule has 0 amide bonds. The molecule has 0 atom stereocenters. The predicted octanol–water partition coefficient (Wildman–Crippen LogP) is 10.1. The molecule has 0 spiro atoms. The van der Waals surface area contributed by atoms with Gasteiger partial charge >= 0.3 is 0 Å². The molecule has 7 heteroatoms. The second-order valence-corrected chi connectivity index (χ2v) is 12.0. The van der Waals surface area contributed by atoms with Crippen molar-refractivity contribution in [3.8, 4) is 28.3 Å². The third kappa shape index (κ3) is 9.32. The molecule has 5 N–H and O–H groups in total. The molecule has 1 aliphatic rings. The number of hydrogen-bond acceptors (Lipinski definition) is 7. The molecular formula is C45H45N7. The zero-order valence-corrected chi connectivity index (χ0v) is 30.2. The standard InChI is InChI=1S/C39H39N7.C6H6/c1-5-6-7-8-9-36-39(29-16-12-26(13-17-29)33-22-31(42-2)19-18-30(33)25-40)46-38(41)24-37(45-36)28-14-10-27(11-15-28)34-23-32(43-3)20-21-35(34)44-4;1-2-4-6-5-3-1/h5-8,10-23,42-44H,9,24H2,1-4H3,(H2,41,46);1-6H/b6-5-,8-7-;. The Morgan fingerprint density at radius 2 is 1.23 bits per heavy atom. The van der Waals surface area contributed by atoms with Gasteiger partial charge in [-0.05, 0) is 60.0 Å². The Kier molecular flexibility index (Phi) is 12.9. The van der Waals surface area contributed by atoms with Crippen LogP contribution in [0.4, 0.5) is 17.1 Å². The number of nitrogens with zero attached hydrogens (tertiary/aromatic N) is 3. The summed E-state index contributed by atoms with van der Waals surface area (Å²) >= 11 is 0. The van der Waals surface area contributed by atoms with Crippen LogP contribution in [0, 0.1) is 11.3 Å². The molecule has 52 heavy (non-hydrogen) atoms. The summed E-state index contributed by atoms with van der Waals surface area (Å²) in [4.78, 5) is 10.1. The molecule has 5 aromatic carbocycles. The van der Waals surface area contributed by atoms with Crippen LogP contribution in [0.2, 0.25) is 0 Å². The smallest absolute Gasteiger partial charge is 0.106 e. The molecule has 0 saturated heterocycles. The first-order valence-corrected chi connectivity index (χ1v) is 17.3. The average Bonchev–Trinajstić information content (AvgIpc) is 3.38. The first-order valence-electron chi connectivity index (χ1n) is 17.3. The van der Waals surface area contributed by atoms with Gasteiger partial charge in [0.05, 0.1) is 28.7 Å². The van der Waals surface area contributed by atoms with E-state index in [0.717, 1.165) is 67.5 Å². The van der Waals surface area contributed by atoms with Crippen LogP contribution in [0.1, 0.15) is 36.5 Å². The van der Waals surface area contributed by atoms with Crippen LogP contribution < -0.4 is 21.7 Å². The number of nitriles is 1. The summed E-state index contributed by atoms with van der Waals surface area (Å²) in [6, 6.07) is 42.9. The number of nitrogens with two attached hydrogens (primary N) is 1. The number of rotatable bonds is 10. The van der Waals surface area contributed by atoms with Gasteiger partial charge < -0.3 is 21.7 Å². The number of aliphatic imine (C=N–C) groups is 2. The van der Waals surface area contributed by atoms with Crippen molar-refractivity contribution < 1.29 is 0 Å². The summed E-state index contributed by atoms with van der Waals surface area (Å²) in [5.41, 5.74) is 18.6. The minimum atomic E-state index is 0.433. The third-order valence-electron chi connectivity index (χ3n) is 8.57.